The molecule has 0 amide bonds. The Morgan fingerprint density at radius 2 is 0.609 bits per heavy atom. The molecule has 0 rings (SSSR count). The minimum Gasteiger partial charge on any atom is -0.462 e. The molecule has 0 aliphatic carbocycles. The van der Waals surface area contributed by atoms with E-state index in [4.69, 9.17) is 14.2 Å². The largest absolute Gasteiger partial charge is 0.462 e. The number of unbranched alkanes of at least 4 members (excludes halogenated alkanes) is 31. The number of rotatable bonds is 53. The summed E-state index contributed by atoms with van der Waals surface area (Å²) in [6.07, 6.45) is 73.2. The zero-order valence-electron chi connectivity index (χ0n) is 45.6. The number of ether oxygens (including phenoxy) is 3. The maximum atomic E-state index is 12.9. The Morgan fingerprint density at radius 1 is 0.319 bits per heavy atom. The van der Waals surface area contributed by atoms with Crippen LogP contribution in [0.5, 0.6) is 0 Å². The number of hydrogen-bond acceptors (Lipinski definition) is 6. The van der Waals surface area contributed by atoms with Crippen LogP contribution in [0, 0.1) is 0 Å². The number of esters is 3. The molecular formula is C63H110O6. The van der Waals surface area contributed by atoms with Crippen LogP contribution in [-0.2, 0) is 28.6 Å². The average molecular weight is 964 g/mol. The van der Waals surface area contributed by atoms with E-state index < -0.39 is 6.10 Å². The normalized spacial score (nSPS) is 12.6. The van der Waals surface area contributed by atoms with Crippen molar-refractivity contribution in [3.8, 4) is 0 Å². The third kappa shape index (κ3) is 55.6. The molecule has 0 fully saturated rings. The fourth-order valence-corrected chi connectivity index (χ4v) is 8.31. The minimum atomic E-state index is -0.794. The van der Waals surface area contributed by atoms with E-state index in [9.17, 15) is 14.4 Å². The lowest BCUT2D eigenvalue weighted by Crippen LogP contribution is -2.30. The molecule has 0 aromatic heterocycles. The van der Waals surface area contributed by atoms with Gasteiger partial charge in [0, 0.05) is 19.3 Å². The van der Waals surface area contributed by atoms with E-state index in [1.807, 2.05) is 0 Å². The molecule has 1 unspecified atom stereocenters. The zero-order chi connectivity index (χ0) is 50.0. The lowest BCUT2D eigenvalue weighted by atomic mass is 10.0. The average Bonchev–Trinajstić information content (AvgIpc) is 3.35. The molecule has 0 radical (unpaired) electrons. The second kappa shape index (κ2) is 57.4. The standard InChI is InChI=1S/C63H110O6/c1-4-7-10-13-16-19-22-25-28-31-33-35-38-41-44-47-50-53-56-62(65)68-59-60(58-67-61(64)55-52-49-46-43-40-37-34-30-27-24-21-18-15-12-9-6-3)69-63(66)57-54-51-48-45-42-39-36-32-29-26-23-20-17-14-11-8-5-2/h9,12,18,21,27-28,30-31,33,35,37,40,60H,4-8,10-11,13-17,19-20,22-26,29,32,34,36,38-39,41-59H2,1-3H3/b12-9-,21-18-,30-27-,31-28-,35-33-,40-37-. The molecule has 0 saturated heterocycles. The first kappa shape index (κ1) is 65.8. The van der Waals surface area contributed by atoms with Gasteiger partial charge in [0.2, 0.25) is 0 Å². The van der Waals surface area contributed by atoms with Crippen LogP contribution in [0.4, 0.5) is 0 Å². The fraction of sp³-hybridized carbons (Fsp3) is 0.762. The van der Waals surface area contributed by atoms with Crippen molar-refractivity contribution >= 4 is 17.9 Å². The summed E-state index contributed by atoms with van der Waals surface area (Å²) in [5, 5.41) is 0. The van der Waals surface area contributed by atoms with Gasteiger partial charge in [-0.2, -0.15) is 0 Å². The molecule has 0 aliphatic rings. The summed E-state index contributed by atoms with van der Waals surface area (Å²) in [6, 6.07) is 0. The molecule has 6 heteroatoms. The first-order valence-corrected chi connectivity index (χ1v) is 29.5. The van der Waals surface area contributed by atoms with E-state index >= 15 is 0 Å². The topological polar surface area (TPSA) is 78.9 Å². The molecule has 1 atom stereocenters. The first-order chi connectivity index (χ1) is 34.0. The van der Waals surface area contributed by atoms with Crippen LogP contribution < -0.4 is 0 Å². The van der Waals surface area contributed by atoms with Gasteiger partial charge in [-0.15, -0.1) is 0 Å². The summed E-state index contributed by atoms with van der Waals surface area (Å²) >= 11 is 0. The summed E-state index contributed by atoms with van der Waals surface area (Å²) in [4.78, 5) is 38.2. The van der Waals surface area contributed by atoms with Gasteiger partial charge in [0.25, 0.3) is 0 Å². The second-order valence-corrected chi connectivity index (χ2v) is 19.6. The van der Waals surface area contributed by atoms with Gasteiger partial charge in [-0.25, -0.2) is 0 Å². The first-order valence-electron chi connectivity index (χ1n) is 29.5. The highest BCUT2D eigenvalue weighted by atomic mass is 16.6. The van der Waals surface area contributed by atoms with Crippen LogP contribution in [0.25, 0.3) is 0 Å². The van der Waals surface area contributed by atoms with E-state index in [0.717, 1.165) is 109 Å². The van der Waals surface area contributed by atoms with Crippen LogP contribution in [0.15, 0.2) is 72.9 Å². The molecule has 0 heterocycles. The molecule has 0 bridgehead atoms. The minimum absolute atomic E-state index is 0.0917. The predicted octanol–water partition coefficient (Wildman–Crippen LogP) is 19.8. The van der Waals surface area contributed by atoms with Gasteiger partial charge in [-0.1, -0.05) is 261 Å². The van der Waals surface area contributed by atoms with E-state index in [-0.39, 0.29) is 31.1 Å². The van der Waals surface area contributed by atoms with Crippen LogP contribution >= 0.6 is 0 Å². The summed E-state index contributed by atoms with van der Waals surface area (Å²) in [5.41, 5.74) is 0. The van der Waals surface area contributed by atoms with Gasteiger partial charge in [-0.3, -0.25) is 14.4 Å². The number of carbonyl (C=O) groups excluding carboxylic acids is 3. The van der Waals surface area contributed by atoms with Crippen molar-refractivity contribution in [1.82, 2.24) is 0 Å². The fourth-order valence-electron chi connectivity index (χ4n) is 8.31. The Hall–Kier alpha value is -3.15. The highest BCUT2D eigenvalue weighted by Crippen LogP contribution is 2.16. The third-order valence-corrected chi connectivity index (χ3v) is 12.7. The summed E-state index contributed by atoms with van der Waals surface area (Å²) in [5.74, 6) is -0.925. The van der Waals surface area contributed by atoms with Crippen molar-refractivity contribution in [1.29, 1.82) is 0 Å². The number of hydrogen-bond donors (Lipinski definition) is 0. The molecule has 0 saturated carbocycles. The summed E-state index contributed by atoms with van der Waals surface area (Å²) < 4.78 is 16.9. The van der Waals surface area contributed by atoms with E-state index in [2.05, 4.69) is 93.7 Å². The zero-order valence-corrected chi connectivity index (χ0v) is 45.6. The highest BCUT2D eigenvalue weighted by molar-refractivity contribution is 5.71. The third-order valence-electron chi connectivity index (χ3n) is 12.7. The van der Waals surface area contributed by atoms with Crippen LogP contribution in [0.2, 0.25) is 0 Å². The Balaban J connectivity index is 4.44. The van der Waals surface area contributed by atoms with Crippen molar-refractivity contribution in [3.05, 3.63) is 72.9 Å². The molecule has 69 heavy (non-hydrogen) atoms. The van der Waals surface area contributed by atoms with E-state index in [0.29, 0.717) is 19.3 Å². The Kier molecular flexibility index (Phi) is 54.8. The monoisotopic (exact) mass is 963 g/mol. The molecule has 0 aromatic rings. The van der Waals surface area contributed by atoms with Crippen molar-refractivity contribution in [3.63, 3.8) is 0 Å². The molecule has 0 aromatic carbocycles. The van der Waals surface area contributed by atoms with Gasteiger partial charge >= 0.3 is 17.9 Å². The molecular weight excluding hydrogens is 853 g/mol. The van der Waals surface area contributed by atoms with Crippen molar-refractivity contribution in [2.45, 2.75) is 297 Å². The lowest BCUT2D eigenvalue weighted by Gasteiger charge is -2.18. The van der Waals surface area contributed by atoms with Crippen molar-refractivity contribution < 1.29 is 28.6 Å². The van der Waals surface area contributed by atoms with Crippen LogP contribution in [0.3, 0.4) is 0 Å². The van der Waals surface area contributed by atoms with Crippen LogP contribution in [-0.4, -0.2) is 37.2 Å². The molecule has 0 N–H and O–H groups in total. The molecule has 398 valence electrons. The lowest BCUT2D eigenvalue weighted by molar-refractivity contribution is -0.167. The number of carbonyl (C=O) groups is 3. The SMILES string of the molecule is CC/C=C\C/C=C\C/C=C\C/C=C\CCCCCC(=O)OCC(COC(=O)CCCCCCC/C=C\C=C/CCCCCCCCC)OC(=O)CCCCCCCCCCCCCCCCCCC. The predicted molar refractivity (Wildman–Crippen MR) is 298 cm³/mol. The van der Waals surface area contributed by atoms with Crippen molar-refractivity contribution in [2.75, 3.05) is 13.2 Å². The maximum Gasteiger partial charge on any atom is 0.306 e. The Bertz CT molecular complexity index is 1290. The van der Waals surface area contributed by atoms with Gasteiger partial charge in [0.1, 0.15) is 13.2 Å². The maximum absolute atomic E-state index is 12.9. The van der Waals surface area contributed by atoms with Crippen LogP contribution in [0.1, 0.15) is 290 Å². The molecule has 0 spiro atoms. The highest BCUT2D eigenvalue weighted by Gasteiger charge is 2.19. The van der Waals surface area contributed by atoms with Gasteiger partial charge in [-0.05, 0) is 83.5 Å². The molecule has 6 nitrogen and oxygen atoms in total. The number of allylic oxidation sites excluding steroid dienone is 12. The Labute approximate surface area is 427 Å². The second-order valence-electron chi connectivity index (χ2n) is 19.6. The van der Waals surface area contributed by atoms with Gasteiger partial charge in [0.15, 0.2) is 6.10 Å². The van der Waals surface area contributed by atoms with Gasteiger partial charge in [0.05, 0.1) is 0 Å². The smallest absolute Gasteiger partial charge is 0.306 e. The van der Waals surface area contributed by atoms with Crippen molar-refractivity contribution in [2.24, 2.45) is 0 Å². The molecule has 0 aliphatic heterocycles. The van der Waals surface area contributed by atoms with E-state index in [1.54, 1.807) is 0 Å². The quantitative estimate of drug-likeness (QED) is 0.0199. The Morgan fingerprint density at radius 3 is 0.986 bits per heavy atom. The van der Waals surface area contributed by atoms with Gasteiger partial charge < -0.3 is 14.2 Å². The van der Waals surface area contributed by atoms with E-state index in [1.165, 1.54) is 141 Å². The summed E-state index contributed by atoms with van der Waals surface area (Å²) in [6.45, 7) is 6.51. The summed E-state index contributed by atoms with van der Waals surface area (Å²) in [7, 11) is 0.